The summed E-state index contributed by atoms with van der Waals surface area (Å²) < 4.78 is 5.88. The number of hydrogen-bond donors (Lipinski definition) is 0. The lowest BCUT2D eigenvalue weighted by molar-refractivity contribution is 0.101. The maximum atomic E-state index is 11.7. The van der Waals surface area contributed by atoms with Crippen molar-refractivity contribution in [3.63, 3.8) is 0 Å². The minimum Gasteiger partial charge on any atom is -0.494 e. The first-order valence-electron chi connectivity index (χ1n) is 11.2. The highest BCUT2D eigenvalue weighted by atomic mass is 16.5. The molecular weight excluding hydrogens is 374 g/mol. The minimum atomic E-state index is -0.173. The van der Waals surface area contributed by atoms with E-state index in [4.69, 9.17) is 4.74 Å². The van der Waals surface area contributed by atoms with Gasteiger partial charge in [0.05, 0.1) is 12.2 Å². The van der Waals surface area contributed by atoms with E-state index in [0.717, 1.165) is 50.5 Å². The van der Waals surface area contributed by atoms with Crippen LogP contribution in [-0.4, -0.2) is 56.4 Å². The molecule has 1 saturated heterocycles. The maximum absolute atomic E-state index is 11.7. The van der Waals surface area contributed by atoms with E-state index in [1.165, 1.54) is 31.4 Å². The van der Waals surface area contributed by atoms with Gasteiger partial charge in [-0.3, -0.25) is 9.69 Å². The quantitative estimate of drug-likeness (QED) is 0.690. The number of nitrogens with zero attached hydrogens (tertiary/aromatic N) is 3. The molecule has 5 nitrogen and oxygen atoms in total. The van der Waals surface area contributed by atoms with Crippen molar-refractivity contribution in [3.8, 4) is 5.75 Å². The van der Waals surface area contributed by atoms with E-state index < -0.39 is 0 Å². The van der Waals surface area contributed by atoms with Crippen molar-refractivity contribution in [1.82, 2.24) is 4.90 Å². The van der Waals surface area contributed by atoms with Crippen LogP contribution in [0.25, 0.3) is 0 Å². The number of hydrogen-bond acceptors (Lipinski definition) is 4. The van der Waals surface area contributed by atoms with Crippen molar-refractivity contribution in [2.75, 3.05) is 44.2 Å². The van der Waals surface area contributed by atoms with Crippen molar-refractivity contribution in [3.05, 3.63) is 58.7 Å². The molecule has 0 N–H and O–H groups in total. The normalized spacial score (nSPS) is 18.4. The zero-order chi connectivity index (χ0) is 20.3. The molecule has 1 amide bonds. The van der Waals surface area contributed by atoms with E-state index in [2.05, 4.69) is 33.0 Å². The van der Waals surface area contributed by atoms with Crippen LogP contribution in [0.4, 0.5) is 5.69 Å². The minimum absolute atomic E-state index is 0.173. The fourth-order valence-corrected chi connectivity index (χ4v) is 4.87. The summed E-state index contributed by atoms with van der Waals surface area (Å²) in [5.41, 5.74) is 6.17. The SMILES string of the molecule is O=C1N=Cc2ccc(OCCCN3CCN(c4cccc5c4CCCC5)CC3)cc21. The van der Waals surface area contributed by atoms with Gasteiger partial charge in [0.25, 0.3) is 5.91 Å². The Bertz CT molecular complexity index is 961. The molecule has 5 heteroatoms. The lowest BCUT2D eigenvalue weighted by atomic mass is 9.90. The van der Waals surface area contributed by atoms with E-state index in [9.17, 15) is 4.79 Å². The highest BCUT2D eigenvalue weighted by Gasteiger charge is 2.21. The zero-order valence-electron chi connectivity index (χ0n) is 17.5. The topological polar surface area (TPSA) is 45.1 Å². The average Bonchev–Trinajstić information content (AvgIpc) is 3.17. The number of fused-ring (bicyclic) bond motifs is 2. The fraction of sp³-hybridized carbons (Fsp3) is 0.440. The Hall–Kier alpha value is -2.66. The molecule has 2 aromatic rings. The fourth-order valence-electron chi connectivity index (χ4n) is 4.87. The molecule has 30 heavy (non-hydrogen) atoms. The Balaban J connectivity index is 1.08. The number of ether oxygens (including phenoxy) is 1. The molecule has 156 valence electrons. The van der Waals surface area contributed by atoms with Crippen molar-refractivity contribution in [2.45, 2.75) is 32.1 Å². The largest absolute Gasteiger partial charge is 0.494 e. The van der Waals surface area contributed by atoms with E-state index >= 15 is 0 Å². The number of carbonyl (C=O) groups is 1. The van der Waals surface area contributed by atoms with Gasteiger partial charge in [0.2, 0.25) is 0 Å². The molecule has 0 bridgehead atoms. The van der Waals surface area contributed by atoms with Gasteiger partial charge in [0.15, 0.2) is 0 Å². The van der Waals surface area contributed by atoms with Gasteiger partial charge in [0.1, 0.15) is 5.75 Å². The summed E-state index contributed by atoms with van der Waals surface area (Å²) in [5, 5.41) is 0. The Morgan fingerprint density at radius 1 is 1.00 bits per heavy atom. The van der Waals surface area contributed by atoms with Gasteiger partial charge in [-0.05, 0) is 67.5 Å². The van der Waals surface area contributed by atoms with E-state index in [-0.39, 0.29) is 5.91 Å². The average molecular weight is 404 g/mol. The van der Waals surface area contributed by atoms with E-state index in [0.29, 0.717) is 12.2 Å². The number of piperazine rings is 1. The first-order chi connectivity index (χ1) is 14.8. The second-order valence-corrected chi connectivity index (χ2v) is 8.47. The molecule has 2 aromatic carbocycles. The zero-order valence-corrected chi connectivity index (χ0v) is 17.5. The standard InChI is InChI=1S/C25H29N3O2/c29-25-23-17-21(10-9-20(23)18-26-25)30-16-4-11-27-12-14-28(15-13-27)24-8-3-6-19-5-1-2-7-22(19)24/h3,6,8-10,17-18H,1-2,4-5,7,11-16H2. The molecule has 3 aliphatic rings. The number of anilines is 1. The smallest absolute Gasteiger partial charge is 0.277 e. The van der Waals surface area contributed by atoms with Crippen LogP contribution in [0.5, 0.6) is 5.75 Å². The first-order valence-corrected chi connectivity index (χ1v) is 11.2. The lowest BCUT2D eigenvalue weighted by Gasteiger charge is -2.38. The van der Waals surface area contributed by atoms with Crippen molar-refractivity contribution >= 4 is 17.8 Å². The van der Waals surface area contributed by atoms with Crippen LogP contribution in [0.3, 0.4) is 0 Å². The third kappa shape index (κ3) is 3.99. The highest BCUT2D eigenvalue weighted by Crippen LogP contribution is 2.31. The van der Waals surface area contributed by atoms with Crippen LogP contribution in [0.15, 0.2) is 41.4 Å². The Labute approximate surface area is 178 Å². The lowest BCUT2D eigenvalue weighted by Crippen LogP contribution is -2.47. The summed E-state index contributed by atoms with van der Waals surface area (Å²) in [5.74, 6) is 0.583. The molecule has 0 aromatic heterocycles. The van der Waals surface area contributed by atoms with Gasteiger partial charge in [-0.2, -0.15) is 0 Å². The van der Waals surface area contributed by atoms with Gasteiger partial charge in [-0.25, -0.2) is 4.99 Å². The van der Waals surface area contributed by atoms with E-state index in [1.54, 1.807) is 17.3 Å². The van der Waals surface area contributed by atoms with Gasteiger partial charge in [-0.1, -0.05) is 12.1 Å². The predicted octanol–water partition coefficient (Wildman–Crippen LogP) is 3.73. The molecule has 1 fully saturated rings. The number of benzene rings is 2. The third-order valence-corrected chi connectivity index (χ3v) is 6.55. The van der Waals surface area contributed by atoms with Crippen LogP contribution < -0.4 is 9.64 Å². The Morgan fingerprint density at radius 2 is 1.87 bits per heavy atom. The number of rotatable bonds is 6. The van der Waals surface area contributed by atoms with Gasteiger partial charge < -0.3 is 9.64 Å². The summed E-state index contributed by atoms with van der Waals surface area (Å²) in [7, 11) is 0. The highest BCUT2D eigenvalue weighted by molar-refractivity contribution is 6.13. The Kier molecular flexibility index (Phi) is 5.54. The summed E-state index contributed by atoms with van der Waals surface area (Å²) in [4.78, 5) is 20.6. The van der Waals surface area contributed by atoms with Crippen molar-refractivity contribution in [2.24, 2.45) is 4.99 Å². The molecule has 2 heterocycles. The maximum Gasteiger partial charge on any atom is 0.277 e. The second kappa shape index (κ2) is 8.60. The van der Waals surface area contributed by atoms with E-state index in [1.807, 2.05) is 18.2 Å². The summed E-state index contributed by atoms with van der Waals surface area (Å²) in [6, 6.07) is 12.5. The number of aryl methyl sites for hydroxylation is 1. The van der Waals surface area contributed by atoms with Crippen LogP contribution in [-0.2, 0) is 12.8 Å². The van der Waals surface area contributed by atoms with Crippen LogP contribution in [0.1, 0.15) is 46.3 Å². The summed E-state index contributed by atoms with van der Waals surface area (Å²) >= 11 is 0. The van der Waals surface area contributed by atoms with Crippen LogP contribution in [0, 0.1) is 0 Å². The predicted molar refractivity (Wildman–Crippen MR) is 120 cm³/mol. The number of amides is 1. The number of carbonyl (C=O) groups excluding carboxylic acids is 1. The molecule has 0 atom stereocenters. The number of aliphatic imine (C=N–C) groups is 1. The molecule has 0 radical (unpaired) electrons. The van der Waals surface area contributed by atoms with Gasteiger partial charge in [-0.15, -0.1) is 0 Å². The molecule has 1 aliphatic carbocycles. The molecule has 0 spiro atoms. The monoisotopic (exact) mass is 403 g/mol. The molecular formula is C25H29N3O2. The molecule has 0 unspecified atom stereocenters. The summed E-state index contributed by atoms with van der Waals surface area (Å²) in [6.45, 7) is 6.13. The third-order valence-electron chi connectivity index (χ3n) is 6.55. The second-order valence-electron chi connectivity index (χ2n) is 8.47. The van der Waals surface area contributed by atoms with Gasteiger partial charge in [0, 0.05) is 50.2 Å². The molecule has 2 aliphatic heterocycles. The van der Waals surface area contributed by atoms with Gasteiger partial charge >= 0.3 is 0 Å². The van der Waals surface area contributed by atoms with Crippen molar-refractivity contribution in [1.29, 1.82) is 0 Å². The molecule has 0 saturated carbocycles. The molecule has 5 rings (SSSR count). The van der Waals surface area contributed by atoms with Crippen molar-refractivity contribution < 1.29 is 9.53 Å². The summed E-state index contributed by atoms with van der Waals surface area (Å²) in [6.07, 6.45) is 7.75. The van der Waals surface area contributed by atoms with Crippen LogP contribution >= 0.6 is 0 Å². The Morgan fingerprint density at radius 3 is 2.77 bits per heavy atom. The first kappa shape index (κ1) is 19.3. The van der Waals surface area contributed by atoms with Crippen LogP contribution in [0.2, 0.25) is 0 Å².